The highest BCUT2D eigenvalue weighted by Crippen LogP contribution is 2.41. The van der Waals surface area contributed by atoms with E-state index in [0.717, 1.165) is 12.1 Å². The van der Waals surface area contributed by atoms with Gasteiger partial charge in [-0.2, -0.15) is 0 Å². The molecule has 64 heavy (non-hydrogen) atoms. The van der Waals surface area contributed by atoms with Crippen molar-refractivity contribution in [3.8, 4) is 11.5 Å². The van der Waals surface area contributed by atoms with Crippen LogP contribution in [-0.2, 0) is 37.0 Å². The van der Waals surface area contributed by atoms with Crippen molar-refractivity contribution in [2.45, 2.75) is 133 Å². The van der Waals surface area contributed by atoms with E-state index in [-0.39, 0.29) is 71.2 Å². The maximum absolute atomic E-state index is 15.0. The number of carbonyl (C=O) groups is 1. The van der Waals surface area contributed by atoms with E-state index in [9.17, 15) is 38.7 Å². The molecular weight excluding hydrogens is 918 g/mol. The lowest BCUT2D eigenvalue weighted by molar-refractivity contribution is -0.161. The summed E-state index contributed by atoms with van der Waals surface area (Å²) in [6, 6.07) is 3.51. The Labute approximate surface area is 391 Å². The van der Waals surface area contributed by atoms with Crippen molar-refractivity contribution in [2.75, 3.05) is 39.4 Å². The number of aliphatic hydroxyl groups excluding tert-OH is 3. The summed E-state index contributed by atoms with van der Waals surface area (Å²) in [6.07, 6.45) is -0.832. The van der Waals surface area contributed by atoms with E-state index >= 15 is 4.39 Å². The van der Waals surface area contributed by atoms with Crippen LogP contribution in [0.2, 0.25) is 10.0 Å². The molecule has 6 N–H and O–H groups in total. The van der Waals surface area contributed by atoms with Crippen molar-refractivity contribution < 1.29 is 57.3 Å². The molecule has 20 heteroatoms. The first-order valence-electron chi connectivity index (χ1n) is 21.5. The quantitative estimate of drug-likeness (QED) is 0.0854. The fourth-order valence-electron chi connectivity index (χ4n) is 7.95. The Morgan fingerprint density at radius 2 is 1.39 bits per heavy atom. The lowest BCUT2D eigenvalue weighted by atomic mass is 9.85. The first-order valence-corrected chi connectivity index (χ1v) is 24.5. The van der Waals surface area contributed by atoms with E-state index in [1.54, 1.807) is 44.4 Å². The third kappa shape index (κ3) is 13.6. The molecule has 0 aromatic heterocycles. The van der Waals surface area contributed by atoms with Crippen LogP contribution in [0.5, 0.6) is 11.5 Å². The van der Waals surface area contributed by atoms with E-state index in [1.807, 2.05) is 20.8 Å². The van der Waals surface area contributed by atoms with Crippen LogP contribution in [-0.4, -0.2) is 124 Å². The van der Waals surface area contributed by atoms with Gasteiger partial charge in [0.25, 0.3) is 5.91 Å². The molecule has 0 aliphatic carbocycles. The van der Waals surface area contributed by atoms with E-state index in [4.69, 9.17) is 37.4 Å². The van der Waals surface area contributed by atoms with Gasteiger partial charge in [0.2, 0.25) is 0 Å². The third-order valence-corrected chi connectivity index (χ3v) is 15.5. The van der Waals surface area contributed by atoms with Gasteiger partial charge in [0.15, 0.2) is 11.9 Å². The molecule has 3 aliphatic rings. The Balaban J connectivity index is 1.23. The van der Waals surface area contributed by atoms with Gasteiger partial charge in [-0.25, -0.2) is 8.78 Å². The monoisotopic (exact) mass is 980 g/mol. The van der Waals surface area contributed by atoms with Crippen LogP contribution >= 0.6 is 23.2 Å². The summed E-state index contributed by atoms with van der Waals surface area (Å²) in [5.41, 5.74) is 0.742. The van der Waals surface area contributed by atoms with Crippen LogP contribution in [0.25, 0.3) is 0 Å². The number of halogens is 4. The van der Waals surface area contributed by atoms with Gasteiger partial charge in [-0.05, 0) is 111 Å². The van der Waals surface area contributed by atoms with Crippen LogP contribution in [0.4, 0.5) is 8.78 Å². The smallest absolute Gasteiger partial charge is 0.254 e. The van der Waals surface area contributed by atoms with Gasteiger partial charge in [0, 0.05) is 72.2 Å². The molecule has 2 aromatic carbocycles. The van der Waals surface area contributed by atoms with Gasteiger partial charge in [0.1, 0.15) is 57.7 Å². The number of benzene rings is 2. The van der Waals surface area contributed by atoms with Gasteiger partial charge in [-0.15, -0.1) is 9.44 Å². The standard InChI is InChI=1S/C44H64Cl2F2N4O10S2/c1-42(2,3)63(58)49-37(27-20-29(45)31(47)22-34(27)54)25-13-17-52(18-14-25)41(57)39(55)33(53)10-9-19-60-35-23-32(48)30(46)21-28(35)38(50-64(59)43(4,5)6)26-11-15-51(16-12-26)40(56)36-24-61-44(7,8)62-36/h9-10,20-23,25-26,33,36-39,41,49-50,53-55,57H,11-19,24H2,1-8H3/b10-9+/t33?,36-,37-,38-,39-,41?,63?,64?/m1/s1. The van der Waals surface area contributed by atoms with Crippen molar-refractivity contribution in [3.63, 3.8) is 0 Å². The molecule has 0 radical (unpaired) electrons. The van der Waals surface area contributed by atoms with Crippen molar-refractivity contribution in [2.24, 2.45) is 11.8 Å². The first-order chi connectivity index (χ1) is 29.8. The number of amides is 1. The van der Waals surface area contributed by atoms with Gasteiger partial charge in [-0.1, -0.05) is 29.3 Å². The zero-order valence-electron chi connectivity index (χ0n) is 37.6. The highest BCUT2D eigenvalue weighted by atomic mass is 35.5. The van der Waals surface area contributed by atoms with Crippen molar-refractivity contribution >= 4 is 51.8 Å². The van der Waals surface area contributed by atoms with Crippen LogP contribution in [0.15, 0.2) is 36.4 Å². The van der Waals surface area contributed by atoms with E-state index in [2.05, 4.69) is 9.44 Å². The maximum atomic E-state index is 15.0. The first kappa shape index (κ1) is 53.0. The predicted molar refractivity (Wildman–Crippen MR) is 243 cm³/mol. The minimum absolute atomic E-state index is 0.112. The Hall–Kier alpha value is -2.01. The Morgan fingerprint density at radius 3 is 1.91 bits per heavy atom. The molecule has 3 saturated heterocycles. The maximum Gasteiger partial charge on any atom is 0.254 e. The molecular formula is C44H64Cl2F2N4O10S2. The lowest BCUT2D eigenvalue weighted by Gasteiger charge is -2.40. The highest BCUT2D eigenvalue weighted by molar-refractivity contribution is 7.91. The molecule has 3 fully saturated rings. The summed E-state index contributed by atoms with van der Waals surface area (Å²) < 4.78 is 78.4. The number of piperidine rings is 2. The van der Waals surface area contributed by atoms with Gasteiger partial charge in [0.05, 0.1) is 28.7 Å². The second-order valence-corrected chi connectivity index (χ2v) is 23.9. The summed E-state index contributed by atoms with van der Waals surface area (Å²) in [6.45, 7) is 15.6. The van der Waals surface area contributed by atoms with Crippen LogP contribution in [0, 0.1) is 23.5 Å². The fourth-order valence-corrected chi connectivity index (χ4v) is 10.1. The van der Waals surface area contributed by atoms with Crippen molar-refractivity contribution in [1.29, 1.82) is 0 Å². The number of hydrogen-bond donors (Lipinski definition) is 6. The largest absolute Gasteiger partial charge is 0.598 e. The summed E-state index contributed by atoms with van der Waals surface area (Å²) >= 11 is 9.28. The molecule has 2 aromatic rings. The Bertz CT molecular complexity index is 1930. The molecule has 0 saturated carbocycles. The normalized spacial score (nSPS) is 22.9. The number of nitrogens with one attached hydrogen (secondary N) is 2. The number of phenolic OH excluding ortho intramolecular Hbond substituents is 1. The molecule has 3 heterocycles. The van der Waals surface area contributed by atoms with Crippen LogP contribution in [0.3, 0.4) is 0 Å². The second kappa shape index (κ2) is 22.0. The predicted octanol–water partition coefficient (Wildman–Crippen LogP) is 5.94. The number of likely N-dealkylation sites (tertiary alicyclic amines) is 2. The summed E-state index contributed by atoms with van der Waals surface area (Å²) in [4.78, 5) is 16.6. The molecule has 4 unspecified atom stereocenters. The zero-order chi connectivity index (χ0) is 47.5. The van der Waals surface area contributed by atoms with E-state index in [0.29, 0.717) is 44.3 Å². The summed E-state index contributed by atoms with van der Waals surface area (Å²) in [5.74, 6) is -3.18. The molecule has 360 valence electrons. The number of nitrogens with zero attached hydrogens (tertiary/aromatic N) is 2. The minimum atomic E-state index is -1.64. The summed E-state index contributed by atoms with van der Waals surface area (Å²) in [7, 11) is 0. The molecule has 3 aliphatic heterocycles. The van der Waals surface area contributed by atoms with Crippen LogP contribution in [0.1, 0.15) is 104 Å². The number of hydrogen-bond acceptors (Lipinski definition) is 13. The second-order valence-electron chi connectivity index (χ2n) is 19.1. The Morgan fingerprint density at radius 1 is 0.891 bits per heavy atom. The topological polar surface area (TPSA) is 202 Å². The average Bonchev–Trinajstić information content (AvgIpc) is 3.60. The number of rotatable bonds is 16. The zero-order valence-corrected chi connectivity index (χ0v) is 40.8. The van der Waals surface area contributed by atoms with Gasteiger partial charge >= 0.3 is 0 Å². The molecule has 8 atom stereocenters. The highest BCUT2D eigenvalue weighted by Gasteiger charge is 2.43. The number of aromatic hydroxyl groups is 1. The molecule has 1 amide bonds. The number of phenols is 1. The average molecular weight is 982 g/mol. The third-order valence-electron chi connectivity index (χ3n) is 11.7. The fraction of sp³-hybridized carbons (Fsp3) is 0.659. The van der Waals surface area contributed by atoms with Crippen molar-refractivity contribution in [1.82, 2.24) is 19.2 Å². The van der Waals surface area contributed by atoms with Gasteiger partial charge < -0.3 is 48.6 Å². The minimum Gasteiger partial charge on any atom is -0.598 e. The van der Waals surface area contributed by atoms with Gasteiger partial charge in [-0.3, -0.25) is 9.69 Å². The molecule has 5 rings (SSSR count). The van der Waals surface area contributed by atoms with E-state index in [1.165, 1.54) is 24.3 Å². The number of aliphatic hydroxyl groups is 3. The SMILES string of the molecule is CC1(C)OC[C@H](C(=O)N2CCC([C@@H](N[S+]([O-])C(C)(C)C)c3cc(Cl)c(F)cc3OC/C=C/C(O)[C@@H](O)C(O)N3CCC([C@@H](N[S+]([O-])C(C)(C)C)c4cc(Cl)c(F)cc4O)CC3)CC2)O1. The number of ether oxygens (including phenoxy) is 3. The number of carbonyl (C=O) groups excluding carboxylic acids is 1. The van der Waals surface area contributed by atoms with Crippen LogP contribution < -0.4 is 14.2 Å². The molecule has 0 bridgehead atoms. The summed E-state index contributed by atoms with van der Waals surface area (Å²) in [5, 5.41) is 43.4. The molecule has 14 nitrogen and oxygen atoms in total. The van der Waals surface area contributed by atoms with Crippen molar-refractivity contribution in [3.05, 3.63) is 69.2 Å². The molecule has 0 spiro atoms. The lowest BCUT2D eigenvalue weighted by Crippen LogP contribution is -2.52. The van der Waals surface area contributed by atoms with E-state index < -0.39 is 86.3 Å². The Kier molecular flexibility index (Phi) is 18.2.